The summed E-state index contributed by atoms with van der Waals surface area (Å²) in [6.45, 7) is 6.80. The van der Waals surface area contributed by atoms with Gasteiger partial charge in [0.2, 0.25) is 0 Å². The molecule has 0 aliphatic heterocycles. The molecular formula is C11H21N5. The summed E-state index contributed by atoms with van der Waals surface area (Å²) < 4.78 is 1.99. The van der Waals surface area contributed by atoms with E-state index >= 15 is 0 Å². The van der Waals surface area contributed by atoms with Crippen LogP contribution in [0.3, 0.4) is 0 Å². The predicted molar refractivity (Wildman–Crippen MR) is 62.9 cm³/mol. The SMILES string of the molecule is CC(C)n1ncnc1CN(CCN)C1CC1. The fourth-order valence-electron chi connectivity index (χ4n) is 2.00. The minimum absolute atomic E-state index is 0.372. The maximum Gasteiger partial charge on any atom is 0.141 e. The van der Waals surface area contributed by atoms with Gasteiger partial charge in [-0.3, -0.25) is 4.90 Å². The Balaban J connectivity index is 2.02. The van der Waals surface area contributed by atoms with Crippen LogP contribution in [0.15, 0.2) is 6.33 Å². The Morgan fingerprint density at radius 1 is 1.56 bits per heavy atom. The van der Waals surface area contributed by atoms with Crippen LogP contribution < -0.4 is 5.73 Å². The molecule has 5 heteroatoms. The predicted octanol–water partition coefficient (Wildman–Crippen LogP) is 0.782. The molecule has 1 saturated carbocycles. The summed E-state index contributed by atoms with van der Waals surface area (Å²) in [7, 11) is 0. The summed E-state index contributed by atoms with van der Waals surface area (Å²) >= 11 is 0. The number of aromatic nitrogens is 3. The van der Waals surface area contributed by atoms with Crippen LogP contribution in [0.5, 0.6) is 0 Å². The van der Waals surface area contributed by atoms with Gasteiger partial charge in [-0.15, -0.1) is 0 Å². The van der Waals surface area contributed by atoms with Crippen molar-refractivity contribution in [2.75, 3.05) is 13.1 Å². The van der Waals surface area contributed by atoms with E-state index < -0.39 is 0 Å². The van der Waals surface area contributed by atoms with E-state index in [4.69, 9.17) is 5.73 Å². The minimum Gasteiger partial charge on any atom is -0.329 e. The van der Waals surface area contributed by atoms with Gasteiger partial charge in [-0.05, 0) is 26.7 Å². The van der Waals surface area contributed by atoms with Gasteiger partial charge in [-0.1, -0.05) is 0 Å². The third-order valence-electron chi connectivity index (χ3n) is 2.96. The lowest BCUT2D eigenvalue weighted by molar-refractivity contribution is 0.248. The number of hydrogen-bond acceptors (Lipinski definition) is 4. The second-order valence-electron chi connectivity index (χ2n) is 4.70. The molecule has 1 fully saturated rings. The Bertz CT molecular complexity index is 329. The maximum atomic E-state index is 5.64. The van der Waals surface area contributed by atoms with E-state index in [1.165, 1.54) is 12.8 Å². The summed E-state index contributed by atoms with van der Waals surface area (Å²) in [5.41, 5.74) is 5.64. The molecule has 1 aromatic heterocycles. The van der Waals surface area contributed by atoms with Crippen molar-refractivity contribution in [2.45, 2.75) is 45.3 Å². The van der Waals surface area contributed by atoms with Crippen LogP contribution in [0.4, 0.5) is 0 Å². The van der Waals surface area contributed by atoms with Crippen LogP contribution in [-0.4, -0.2) is 38.8 Å². The normalized spacial score (nSPS) is 16.3. The van der Waals surface area contributed by atoms with E-state index in [9.17, 15) is 0 Å². The molecule has 16 heavy (non-hydrogen) atoms. The van der Waals surface area contributed by atoms with Crippen molar-refractivity contribution in [1.29, 1.82) is 0 Å². The van der Waals surface area contributed by atoms with Gasteiger partial charge in [-0.25, -0.2) is 9.67 Å². The van der Waals surface area contributed by atoms with E-state index in [0.29, 0.717) is 12.6 Å². The maximum absolute atomic E-state index is 5.64. The molecule has 2 N–H and O–H groups in total. The molecule has 5 nitrogen and oxygen atoms in total. The summed E-state index contributed by atoms with van der Waals surface area (Å²) in [5.74, 6) is 1.05. The standard InChI is InChI=1S/C11H21N5/c1-9(2)16-11(13-8-14-16)7-15(6-5-12)10-3-4-10/h8-10H,3-7,12H2,1-2H3. The topological polar surface area (TPSA) is 60.0 Å². The second kappa shape index (κ2) is 4.93. The summed E-state index contributed by atoms with van der Waals surface area (Å²) in [5, 5.41) is 4.26. The Labute approximate surface area is 96.6 Å². The van der Waals surface area contributed by atoms with Crippen molar-refractivity contribution in [3.63, 3.8) is 0 Å². The van der Waals surface area contributed by atoms with Gasteiger partial charge in [0.1, 0.15) is 12.2 Å². The molecule has 0 bridgehead atoms. The molecule has 0 radical (unpaired) electrons. The molecular weight excluding hydrogens is 202 g/mol. The number of nitrogens with two attached hydrogens (primary N) is 1. The first-order chi connectivity index (χ1) is 7.72. The molecule has 0 amide bonds. The monoisotopic (exact) mass is 223 g/mol. The van der Waals surface area contributed by atoms with Gasteiger partial charge in [0.05, 0.1) is 6.54 Å². The van der Waals surface area contributed by atoms with Crippen molar-refractivity contribution >= 4 is 0 Å². The molecule has 0 unspecified atom stereocenters. The highest BCUT2D eigenvalue weighted by Gasteiger charge is 2.29. The summed E-state index contributed by atoms with van der Waals surface area (Å²) in [4.78, 5) is 6.76. The highest BCUT2D eigenvalue weighted by molar-refractivity contribution is 4.92. The average Bonchev–Trinajstić information content (AvgIpc) is 2.98. The van der Waals surface area contributed by atoms with Gasteiger partial charge >= 0.3 is 0 Å². The van der Waals surface area contributed by atoms with Crippen molar-refractivity contribution in [1.82, 2.24) is 19.7 Å². The molecule has 1 aliphatic carbocycles. The molecule has 1 heterocycles. The summed E-state index contributed by atoms with van der Waals surface area (Å²) in [6.07, 6.45) is 4.24. The average molecular weight is 223 g/mol. The lowest BCUT2D eigenvalue weighted by Crippen LogP contribution is -2.32. The van der Waals surface area contributed by atoms with Gasteiger partial charge in [0.25, 0.3) is 0 Å². The van der Waals surface area contributed by atoms with Crippen molar-refractivity contribution in [2.24, 2.45) is 5.73 Å². The van der Waals surface area contributed by atoms with Crippen LogP contribution in [-0.2, 0) is 6.54 Å². The van der Waals surface area contributed by atoms with E-state index in [1.807, 2.05) is 4.68 Å². The zero-order valence-corrected chi connectivity index (χ0v) is 10.1. The van der Waals surface area contributed by atoms with E-state index in [-0.39, 0.29) is 0 Å². The molecule has 90 valence electrons. The van der Waals surface area contributed by atoms with Gasteiger partial charge in [-0.2, -0.15) is 5.10 Å². The zero-order chi connectivity index (χ0) is 11.5. The Hall–Kier alpha value is -0.940. The fourth-order valence-corrected chi connectivity index (χ4v) is 2.00. The lowest BCUT2D eigenvalue weighted by atomic mass is 10.3. The van der Waals surface area contributed by atoms with Crippen molar-refractivity contribution in [3.8, 4) is 0 Å². The minimum atomic E-state index is 0.372. The molecule has 0 spiro atoms. The number of rotatable bonds is 6. The molecule has 0 aromatic carbocycles. The molecule has 1 aliphatic rings. The highest BCUT2D eigenvalue weighted by atomic mass is 15.4. The quantitative estimate of drug-likeness (QED) is 0.774. The Morgan fingerprint density at radius 2 is 2.31 bits per heavy atom. The van der Waals surface area contributed by atoms with Gasteiger partial charge in [0, 0.05) is 25.2 Å². The van der Waals surface area contributed by atoms with Crippen LogP contribution in [0.1, 0.15) is 38.6 Å². The third-order valence-corrected chi connectivity index (χ3v) is 2.96. The zero-order valence-electron chi connectivity index (χ0n) is 10.1. The number of hydrogen-bond donors (Lipinski definition) is 1. The summed E-state index contributed by atoms with van der Waals surface area (Å²) in [6, 6.07) is 1.09. The van der Waals surface area contributed by atoms with Crippen LogP contribution in [0, 0.1) is 0 Å². The first kappa shape index (κ1) is 11.5. The van der Waals surface area contributed by atoms with Crippen LogP contribution in [0.25, 0.3) is 0 Å². The lowest BCUT2D eigenvalue weighted by Gasteiger charge is -2.21. The fraction of sp³-hybridized carbons (Fsp3) is 0.818. The van der Waals surface area contributed by atoms with E-state index in [1.54, 1.807) is 6.33 Å². The van der Waals surface area contributed by atoms with Crippen molar-refractivity contribution < 1.29 is 0 Å². The smallest absolute Gasteiger partial charge is 0.141 e. The molecule has 1 aromatic rings. The van der Waals surface area contributed by atoms with Gasteiger partial charge < -0.3 is 5.73 Å². The first-order valence-electron chi connectivity index (χ1n) is 6.05. The molecule has 2 rings (SSSR count). The Morgan fingerprint density at radius 3 is 2.88 bits per heavy atom. The molecule has 0 saturated heterocycles. The van der Waals surface area contributed by atoms with Crippen LogP contribution in [0.2, 0.25) is 0 Å². The van der Waals surface area contributed by atoms with Gasteiger partial charge in [0.15, 0.2) is 0 Å². The first-order valence-corrected chi connectivity index (χ1v) is 6.05. The Kier molecular flexibility index (Phi) is 3.56. The van der Waals surface area contributed by atoms with E-state index in [0.717, 1.165) is 25.0 Å². The van der Waals surface area contributed by atoms with Crippen molar-refractivity contribution in [3.05, 3.63) is 12.2 Å². The second-order valence-corrected chi connectivity index (χ2v) is 4.70. The number of nitrogens with zero attached hydrogens (tertiary/aromatic N) is 4. The molecule has 0 atom stereocenters. The highest BCUT2D eigenvalue weighted by Crippen LogP contribution is 2.27. The van der Waals surface area contributed by atoms with Crippen LogP contribution >= 0.6 is 0 Å². The van der Waals surface area contributed by atoms with E-state index in [2.05, 4.69) is 28.8 Å². The third kappa shape index (κ3) is 2.59. The largest absolute Gasteiger partial charge is 0.329 e.